The molecule has 0 aliphatic carbocycles. The molecule has 158 valence electrons. The summed E-state index contributed by atoms with van der Waals surface area (Å²) >= 11 is 0. The number of aryl methyl sites for hydroxylation is 1. The number of benzene rings is 2. The number of aliphatic hydroxyl groups is 1. The number of esters is 1. The number of likely N-dealkylation sites (tertiary alicyclic amines) is 1. The van der Waals surface area contributed by atoms with Crippen molar-refractivity contribution in [3.8, 4) is 22.9 Å². The lowest BCUT2D eigenvalue weighted by molar-refractivity contribution is 0.0597. The number of hydrogen-bond donors (Lipinski definition) is 1. The molecule has 6 nitrogen and oxygen atoms in total. The zero-order valence-electron chi connectivity index (χ0n) is 18.1. The highest BCUT2D eigenvalue weighted by Gasteiger charge is 2.38. The molecule has 30 heavy (non-hydrogen) atoms. The van der Waals surface area contributed by atoms with Crippen LogP contribution < -0.4 is 4.74 Å². The molecule has 0 bridgehead atoms. The van der Waals surface area contributed by atoms with Gasteiger partial charge in [0.1, 0.15) is 18.0 Å². The maximum absolute atomic E-state index is 12.2. The highest BCUT2D eigenvalue weighted by molar-refractivity contribution is 5.92. The third-order valence-electron chi connectivity index (χ3n) is 5.41. The van der Waals surface area contributed by atoms with Crippen LogP contribution in [0.3, 0.4) is 0 Å². The lowest BCUT2D eigenvalue weighted by atomic mass is 9.96. The molecular weight excluding hydrogens is 380 g/mol. The Morgan fingerprint density at radius 1 is 1.20 bits per heavy atom. The fourth-order valence-corrected chi connectivity index (χ4v) is 3.66. The van der Waals surface area contributed by atoms with E-state index in [4.69, 9.17) is 9.47 Å². The number of hydrogen-bond acceptors (Lipinski definition) is 6. The van der Waals surface area contributed by atoms with E-state index >= 15 is 0 Å². The van der Waals surface area contributed by atoms with Gasteiger partial charge in [-0.2, -0.15) is 5.26 Å². The van der Waals surface area contributed by atoms with Crippen LogP contribution in [-0.2, 0) is 4.74 Å². The molecule has 1 aliphatic rings. The van der Waals surface area contributed by atoms with Crippen LogP contribution in [0.15, 0.2) is 36.4 Å². The lowest BCUT2D eigenvalue weighted by Gasteiger charge is -2.31. The van der Waals surface area contributed by atoms with Crippen molar-refractivity contribution in [2.45, 2.75) is 45.4 Å². The Balaban J connectivity index is 1.99. The topological polar surface area (TPSA) is 82.8 Å². The Morgan fingerprint density at radius 2 is 1.93 bits per heavy atom. The Morgan fingerprint density at radius 3 is 2.53 bits per heavy atom. The van der Waals surface area contributed by atoms with Crippen molar-refractivity contribution in [2.24, 2.45) is 0 Å². The number of ether oxygens (including phenoxy) is 2. The predicted molar refractivity (Wildman–Crippen MR) is 114 cm³/mol. The zero-order valence-corrected chi connectivity index (χ0v) is 18.1. The molecular formula is C24H28N2O4. The predicted octanol–water partition coefficient (Wildman–Crippen LogP) is 3.54. The van der Waals surface area contributed by atoms with Crippen molar-refractivity contribution >= 4 is 5.97 Å². The molecule has 0 radical (unpaired) electrons. The fourth-order valence-electron chi connectivity index (χ4n) is 3.66. The van der Waals surface area contributed by atoms with Gasteiger partial charge >= 0.3 is 5.97 Å². The smallest absolute Gasteiger partial charge is 0.338 e. The average Bonchev–Trinajstić information content (AvgIpc) is 3.07. The quantitative estimate of drug-likeness (QED) is 0.779. The molecule has 1 fully saturated rings. The van der Waals surface area contributed by atoms with E-state index in [9.17, 15) is 15.2 Å². The van der Waals surface area contributed by atoms with Gasteiger partial charge in [-0.1, -0.05) is 12.1 Å². The second-order valence-electron chi connectivity index (χ2n) is 8.70. The molecule has 1 saturated heterocycles. The molecule has 0 saturated carbocycles. The Labute approximate surface area is 177 Å². The number of rotatable bonds is 4. The molecule has 1 aliphatic heterocycles. The third-order valence-corrected chi connectivity index (χ3v) is 5.41. The van der Waals surface area contributed by atoms with Gasteiger partial charge in [0, 0.05) is 18.6 Å². The minimum absolute atomic E-state index is 0.0816. The van der Waals surface area contributed by atoms with E-state index in [-0.39, 0.29) is 5.54 Å². The molecule has 6 heteroatoms. The van der Waals surface area contributed by atoms with Crippen molar-refractivity contribution in [3.63, 3.8) is 0 Å². The van der Waals surface area contributed by atoms with Crippen LogP contribution in [0.25, 0.3) is 11.1 Å². The zero-order chi connectivity index (χ0) is 22.1. The molecule has 0 spiro atoms. The second kappa shape index (κ2) is 8.47. The van der Waals surface area contributed by atoms with Gasteiger partial charge in [0.25, 0.3) is 0 Å². The van der Waals surface area contributed by atoms with Crippen molar-refractivity contribution in [1.29, 1.82) is 5.26 Å². The molecule has 1 heterocycles. The van der Waals surface area contributed by atoms with Crippen LogP contribution in [-0.4, -0.2) is 53.9 Å². The van der Waals surface area contributed by atoms with Crippen LogP contribution >= 0.6 is 0 Å². The van der Waals surface area contributed by atoms with E-state index in [1.54, 1.807) is 18.2 Å². The van der Waals surface area contributed by atoms with Gasteiger partial charge in [0.05, 0.1) is 24.3 Å². The van der Waals surface area contributed by atoms with Gasteiger partial charge in [-0.3, -0.25) is 4.90 Å². The highest BCUT2D eigenvalue weighted by Crippen LogP contribution is 2.31. The molecule has 2 atom stereocenters. The van der Waals surface area contributed by atoms with Crippen LogP contribution in [0.2, 0.25) is 0 Å². The van der Waals surface area contributed by atoms with Gasteiger partial charge in [-0.05, 0) is 68.7 Å². The van der Waals surface area contributed by atoms with Crippen LogP contribution in [0.5, 0.6) is 5.75 Å². The standard InChI is InChI=1S/C24H28N2O4/c1-15-6-7-20(18(8-15)12-25)16-9-17(23(28)29-5)11-19(10-16)30-22-14-26(13-21(22)27)24(2,3)4/h6-11,21-22,27H,13-14H2,1-5H3. The maximum atomic E-state index is 12.2. The number of carbonyl (C=O) groups is 1. The summed E-state index contributed by atoms with van der Waals surface area (Å²) in [5, 5.41) is 20.1. The largest absolute Gasteiger partial charge is 0.486 e. The van der Waals surface area contributed by atoms with E-state index in [1.807, 2.05) is 25.1 Å². The Hall–Kier alpha value is -2.88. The summed E-state index contributed by atoms with van der Waals surface area (Å²) in [5.41, 5.74) is 3.14. The van der Waals surface area contributed by atoms with Crippen molar-refractivity contribution in [3.05, 3.63) is 53.1 Å². The van der Waals surface area contributed by atoms with Gasteiger partial charge in [0.2, 0.25) is 0 Å². The van der Waals surface area contributed by atoms with Gasteiger partial charge in [0.15, 0.2) is 0 Å². The monoisotopic (exact) mass is 408 g/mol. The summed E-state index contributed by atoms with van der Waals surface area (Å²) in [5.74, 6) is -0.0345. The van der Waals surface area contributed by atoms with E-state index in [0.717, 1.165) is 5.56 Å². The summed E-state index contributed by atoms with van der Waals surface area (Å²) in [6, 6.07) is 12.9. The molecule has 1 N–H and O–H groups in total. The number of methoxy groups -OCH3 is 1. The van der Waals surface area contributed by atoms with Crippen molar-refractivity contribution < 1.29 is 19.4 Å². The van der Waals surface area contributed by atoms with Gasteiger partial charge in [-0.15, -0.1) is 0 Å². The van der Waals surface area contributed by atoms with Gasteiger partial charge < -0.3 is 14.6 Å². The first-order chi connectivity index (χ1) is 14.1. The number of carbonyl (C=O) groups excluding carboxylic acids is 1. The fraction of sp³-hybridized carbons (Fsp3) is 0.417. The minimum atomic E-state index is -0.636. The van der Waals surface area contributed by atoms with E-state index in [1.165, 1.54) is 7.11 Å². The Kier molecular flexibility index (Phi) is 6.16. The first-order valence-electron chi connectivity index (χ1n) is 9.96. The SMILES string of the molecule is COC(=O)c1cc(OC2CN(C(C)(C)C)CC2O)cc(-c2ccc(C)cc2C#N)c1. The Bertz CT molecular complexity index is 988. The van der Waals surface area contributed by atoms with Crippen molar-refractivity contribution in [2.75, 3.05) is 20.2 Å². The third kappa shape index (κ3) is 4.64. The molecule has 0 amide bonds. The number of nitrogens with zero attached hydrogens (tertiary/aromatic N) is 2. The van der Waals surface area contributed by atoms with Gasteiger partial charge in [-0.25, -0.2) is 4.79 Å². The summed E-state index contributed by atoms with van der Waals surface area (Å²) in [6.45, 7) is 9.31. The van der Waals surface area contributed by atoms with E-state index in [2.05, 4.69) is 31.7 Å². The second-order valence-corrected chi connectivity index (χ2v) is 8.70. The molecule has 0 aromatic heterocycles. The lowest BCUT2D eigenvalue weighted by Crippen LogP contribution is -2.40. The van der Waals surface area contributed by atoms with Crippen LogP contribution in [0.4, 0.5) is 0 Å². The maximum Gasteiger partial charge on any atom is 0.338 e. The number of aliphatic hydroxyl groups excluding tert-OH is 1. The van der Waals surface area contributed by atoms with Crippen molar-refractivity contribution in [1.82, 2.24) is 4.90 Å². The minimum Gasteiger partial charge on any atom is -0.486 e. The van der Waals surface area contributed by atoms with E-state index in [0.29, 0.717) is 41.1 Å². The molecule has 3 rings (SSSR count). The number of nitriles is 1. The molecule has 2 aromatic rings. The summed E-state index contributed by atoms with van der Waals surface area (Å²) in [7, 11) is 1.32. The highest BCUT2D eigenvalue weighted by atomic mass is 16.5. The summed E-state index contributed by atoms with van der Waals surface area (Å²) in [4.78, 5) is 14.4. The summed E-state index contributed by atoms with van der Waals surface area (Å²) < 4.78 is 11.0. The first-order valence-corrected chi connectivity index (χ1v) is 9.96. The number of β-amino-alcohol motifs (C(OH)–C–C–N with tert-alkyl or cyclic N) is 1. The van der Waals surface area contributed by atoms with E-state index < -0.39 is 18.2 Å². The normalized spacial score (nSPS) is 19.4. The van der Waals surface area contributed by atoms with Crippen LogP contribution in [0, 0.1) is 18.3 Å². The van der Waals surface area contributed by atoms with Crippen LogP contribution in [0.1, 0.15) is 42.3 Å². The summed E-state index contributed by atoms with van der Waals surface area (Å²) in [6.07, 6.45) is -1.05. The average molecular weight is 408 g/mol. The first kappa shape index (κ1) is 21.8. The molecule has 2 aromatic carbocycles. The molecule has 2 unspecified atom stereocenters.